The summed E-state index contributed by atoms with van der Waals surface area (Å²) >= 11 is 0. The van der Waals surface area contributed by atoms with Crippen molar-refractivity contribution in [2.24, 2.45) is 11.8 Å². The summed E-state index contributed by atoms with van der Waals surface area (Å²) in [4.78, 5) is 15.9. The van der Waals surface area contributed by atoms with Crippen LogP contribution in [0.2, 0.25) is 0 Å². The standard InChI is InChI=1S/C12H18N4O2/c13-16-11-3-4-14-7-10(11)12(17)15-6-9-2-1-5-18-8-9/h3-4,7,9H,1-2,5-6,8,13H2,(H,14,16)(H,15,17). The second-order valence-electron chi connectivity index (χ2n) is 4.36. The van der Waals surface area contributed by atoms with Gasteiger partial charge in [-0.25, -0.2) is 0 Å². The summed E-state index contributed by atoms with van der Waals surface area (Å²) in [6, 6.07) is 1.67. The second kappa shape index (κ2) is 6.32. The molecule has 0 aliphatic carbocycles. The lowest BCUT2D eigenvalue weighted by Crippen LogP contribution is -2.33. The molecule has 1 fully saturated rings. The Morgan fingerprint density at radius 3 is 3.22 bits per heavy atom. The van der Waals surface area contributed by atoms with E-state index in [0.29, 0.717) is 23.7 Å². The summed E-state index contributed by atoms with van der Waals surface area (Å²) in [6.45, 7) is 2.17. The number of ether oxygens (including phenoxy) is 1. The Bertz CT molecular complexity index is 405. The third-order valence-corrected chi connectivity index (χ3v) is 3.03. The van der Waals surface area contributed by atoms with Gasteiger partial charge in [-0.2, -0.15) is 0 Å². The fourth-order valence-corrected chi connectivity index (χ4v) is 2.00. The molecule has 1 aromatic rings. The van der Waals surface area contributed by atoms with Crippen LogP contribution in [0.15, 0.2) is 18.5 Å². The number of nitrogens with one attached hydrogen (secondary N) is 2. The van der Waals surface area contributed by atoms with Crippen LogP contribution in [-0.2, 0) is 4.74 Å². The molecule has 0 saturated carbocycles. The number of hydrazine groups is 1. The van der Waals surface area contributed by atoms with E-state index in [4.69, 9.17) is 10.6 Å². The predicted molar refractivity (Wildman–Crippen MR) is 67.9 cm³/mol. The topological polar surface area (TPSA) is 89.3 Å². The van der Waals surface area contributed by atoms with Crippen LogP contribution in [0.1, 0.15) is 23.2 Å². The summed E-state index contributed by atoms with van der Waals surface area (Å²) in [5.41, 5.74) is 3.52. The minimum absolute atomic E-state index is 0.165. The van der Waals surface area contributed by atoms with Crippen LogP contribution in [0.4, 0.5) is 5.69 Å². The lowest BCUT2D eigenvalue weighted by molar-refractivity contribution is 0.0536. The van der Waals surface area contributed by atoms with Gasteiger partial charge < -0.3 is 15.5 Å². The number of carbonyl (C=O) groups excluding carboxylic acids is 1. The molecule has 0 bridgehead atoms. The molecule has 2 heterocycles. The summed E-state index contributed by atoms with van der Waals surface area (Å²) in [7, 11) is 0. The zero-order valence-electron chi connectivity index (χ0n) is 10.2. The van der Waals surface area contributed by atoms with Crippen LogP contribution in [-0.4, -0.2) is 30.6 Å². The number of hydrogen-bond acceptors (Lipinski definition) is 5. The number of amides is 1. The minimum atomic E-state index is -0.165. The summed E-state index contributed by atoms with van der Waals surface area (Å²) < 4.78 is 5.37. The molecule has 1 saturated heterocycles. The molecule has 2 rings (SSSR count). The van der Waals surface area contributed by atoms with Gasteiger partial charge in [-0.3, -0.25) is 15.6 Å². The fraction of sp³-hybridized carbons (Fsp3) is 0.500. The number of nitrogens with two attached hydrogens (primary N) is 1. The van der Waals surface area contributed by atoms with Gasteiger partial charge in [0.25, 0.3) is 5.91 Å². The zero-order valence-corrected chi connectivity index (χ0v) is 10.2. The summed E-state index contributed by atoms with van der Waals surface area (Å²) in [5.74, 6) is 5.58. The maximum Gasteiger partial charge on any atom is 0.255 e. The van der Waals surface area contributed by atoms with E-state index in [-0.39, 0.29) is 5.91 Å². The molecule has 6 nitrogen and oxygen atoms in total. The molecule has 1 unspecified atom stereocenters. The summed E-state index contributed by atoms with van der Waals surface area (Å²) in [5, 5.41) is 2.89. The highest BCUT2D eigenvalue weighted by molar-refractivity contribution is 5.99. The SMILES string of the molecule is NNc1ccncc1C(=O)NCC1CCCOC1. The highest BCUT2D eigenvalue weighted by Gasteiger charge is 2.16. The second-order valence-corrected chi connectivity index (χ2v) is 4.36. The van der Waals surface area contributed by atoms with Crippen LogP contribution in [0, 0.1) is 5.92 Å². The number of pyridine rings is 1. The first-order valence-electron chi connectivity index (χ1n) is 6.08. The van der Waals surface area contributed by atoms with E-state index in [9.17, 15) is 4.79 Å². The van der Waals surface area contributed by atoms with Gasteiger partial charge in [0.2, 0.25) is 0 Å². The fourth-order valence-electron chi connectivity index (χ4n) is 2.00. The van der Waals surface area contributed by atoms with Gasteiger partial charge in [-0.1, -0.05) is 0 Å². The predicted octanol–water partition coefficient (Wildman–Crippen LogP) is 0.524. The molecular weight excluding hydrogens is 232 g/mol. The highest BCUT2D eigenvalue weighted by Crippen LogP contribution is 2.14. The van der Waals surface area contributed by atoms with E-state index >= 15 is 0 Å². The number of rotatable bonds is 4. The van der Waals surface area contributed by atoms with E-state index in [1.165, 1.54) is 6.20 Å². The Hall–Kier alpha value is -1.66. The number of aromatic nitrogens is 1. The maximum atomic E-state index is 12.0. The first-order chi connectivity index (χ1) is 8.81. The van der Waals surface area contributed by atoms with Gasteiger partial charge in [-0.05, 0) is 24.8 Å². The van der Waals surface area contributed by atoms with Crippen molar-refractivity contribution in [1.82, 2.24) is 10.3 Å². The third-order valence-electron chi connectivity index (χ3n) is 3.03. The number of carbonyl (C=O) groups is 1. The van der Waals surface area contributed by atoms with Crippen LogP contribution >= 0.6 is 0 Å². The number of hydrogen-bond donors (Lipinski definition) is 3. The molecule has 0 radical (unpaired) electrons. The van der Waals surface area contributed by atoms with Gasteiger partial charge in [-0.15, -0.1) is 0 Å². The lowest BCUT2D eigenvalue weighted by Gasteiger charge is -2.22. The van der Waals surface area contributed by atoms with Gasteiger partial charge in [0.1, 0.15) is 0 Å². The average Bonchev–Trinajstić information content (AvgIpc) is 2.45. The normalized spacial score (nSPS) is 19.3. The van der Waals surface area contributed by atoms with Gasteiger partial charge >= 0.3 is 0 Å². The van der Waals surface area contributed by atoms with E-state index in [1.54, 1.807) is 12.3 Å². The number of nitrogens with zero attached hydrogens (tertiary/aromatic N) is 1. The van der Waals surface area contributed by atoms with Crippen LogP contribution < -0.4 is 16.6 Å². The van der Waals surface area contributed by atoms with Crippen LogP contribution in [0.25, 0.3) is 0 Å². The van der Waals surface area contributed by atoms with Crippen molar-refractivity contribution in [2.45, 2.75) is 12.8 Å². The van der Waals surface area contributed by atoms with E-state index < -0.39 is 0 Å². The third kappa shape index (κ3) is 3.18. The molecular formula is C12H18N4O2. The molecule has 18 heavy (non-hydrogen) atoms. The molecule has 98 valence electrons. The largest absolute Gasteiger partial charge is 0.381 e. The maximum absolute atomic E-state index is 12.0. The lowest BCUT2D eigenvalue weighted by atomic mass is 10.0. The summed E-state index contributed by atoms with van der Waals surface area (Å²) in [6.07, 6.45) is 5.24. The van der Waals surface area contributed by atoms with Crippen molar-refractivity contribution in [2.75, 3.05) is 25.2 Å². The molecule has 0 aromatic carbocycles. The van der Waals surface area contributed by atoms with Crippen LogP contribution in [0.3, 0.4) is 0 Å². The smallest absolute Gasteiger partial charge is 0.255 e. The Balaban J connectivity index is 1.90. The average molecular weight is 250 g/mol. The first kappa shape index (κ1) is 12.8. The van der Waals surface area contributed by atoms with Gasteiger partial charge in [0.15, 0.2) is 0 Å². The van der Waals surface area contributed by atoms with E-state index in [1.807, 2.05) is 0 Å². The Kier molecular flexibility index (Phi) is 4.49. The Morgan fingerprint density at radius 2 is 2.50 bits per heavy atom. The van der Waals surface area contributed by atoms with Crippen molar-refractivity contribution < 1.29 is 9.53 Å². The molecule has 1 aromatic heterocycles. The first-order valence-corrected chi connectivity index (χ1v) is 6.08. The minimum Gasteiger partial charge on any atom is -0.381 e. The zero-order chi connectivity index (χ0) is 12.8. The molecule has 1 atom stereocenters. The Labute approximate surface area is 106 Å². The van der Waals surface area contributed by atoms with Gasteiger partial charge in [0, 0.05) is 25.5 Å². The van der Waals surface area contributed by atoms with Crippen molar-refractivity contribution in [3.05, 3.63) is 24.0 Å². The molecule has 1 aliphatic rings. The number of nitrogen functional groups attached to an aromatic ring is 1. The molecule has 1 aliphatic heterocycles. The van der Waals surface area contributed by atoms with Crippen molar-refractivity contribution in [3.63, 3.8) is 0 Å². The monoisotopic (exact) mass is 250 g/mol. The van der Waals surface area contributed by atoms with E-state index in [0.717, 1.165) is 26.1 Å². The molecule has 6 heteroatoms. The molecule has 4 N–H and O–H groups in total. The van der Waals surface area contributed by atoms with Gasteiger partial charge in [0.05, 0.1) is 17.9 Å². The van der Waals surface area contributed by atoms with Crippen molar-refractivity contribution in [3.8, 4) is 0 Å². The molecule has 1 amide bonds. The molecule has 0 spiro atoms. The highest BCUT2D eigenvalue weighted by atomic mass is 16.5. The Morgan fingerprint density at radius 1 is 1.61 bits per heavy atom. The van der Waals surface area contributed by atoms with Crippen LogP contribution in [0.5, 0.6) is 0 Å². The van der Waals surface area contributed by atoms with Crippen molar-refractivity contribution in [1.29, 1.82) is 0 Å². The van der Waals surface area contributed by atoms with E-state index in [2.05, 4.69) is 15.7 Å². The number of anilines is 1. The van der Waals surface area contributed by atoms with Crippen molar-refractivity contribution >= 4 is 11.6 Å². The quantitative estimate of drug-likeness (QED) is 0.535.